The van der Waals surface area contributed by atoms with E-state index in [1.54, 1.807) is 0 Å². The van der Waals surface area contributed by atoms with Crippen molar-refractivity contribution in [3.63, 3.8) is 0 Å². The standard InChI is InChI=1S/C16H13BrCl2N2/c1-9-3-6-14-13(7-9)20-16(10(2)18)21(14)15-8-11(17)4-5-12(15)19/h3-8,10H,1-2H3. The van der Waals surface area contributed by atoms with Crippen LogP contribution in [-0.2, 0) is 0 Å². The predicted molar refractivity (Wildman–Crippen MR) is 92.8 cm³/mol. The number of halogens is 3. The zero-order valence-electron chi connectivity index (χ0n) is 11.6. The average molecular weight is 384 g/mol. The minimum absolute atomic E-state index is 0.215. The molecule has 1 atom stereocenters. The summed E-state index contributed by atoms with van der Waals surface area (Å²) in [6, 6.07) is 11.9. The van der Waals surface area contributed by atoms with Gasteiger partial charge in [-0.25, -0.2) is 4.98 Å². The van der Waals surface area contributed by atoms with Crippen LogP contribution >= 0.6 is 39.1 Å². The maximum Gasteiger partial charge on any atom is 0.132 e. The van der Waals surface area contributed by atoms with Crippen molar-refractivity contribution in [1.29, 1.82) is 0 Å². The highest BCUT2D eigenvalue weighted by Crippen LogP contribution is 2.33. The lowest BCUT2D eigenvalue weighted by Gasteiger charge is -2.12. The second-order valence-corrected chi connectivity index (χ2v) is 6.99. The molecule has 0 bridgehead atoms. The van der Waals surface area contributed by atoms with E-state index in [1.807, 2.05) is 36.6 Å². The van der Waals surface area contributed by atoms with E-state index in [4.69, 9.17) is 23.2 Å². The number of aryl methyl sites for hydroxylation is 1. The summed E-state index contributed by atoms with van der Waals surface area (Å²) in [7, 11) is 0. The van der Waals surface area contributed by atoms with Gasteiger partial charge in [0.15, 0.2) is 0 Å². The van der Waals surface area contributed by atoms with Crippen molar-refractivity contribution in [3.05, 3.63) is 57.3 Å². The van der Waals surface area contributed by atoms with Crippen molar-refractivity contribution in [2.24, 2.45) is 0 Å². The second-order valence-electron chi connectivity index (χ2n) is 5.01. The molecule has 0 amide bonds. The molecule has 1 aromatic heterocycles. The molecule has 108 valence electrons. The Kier molecular flexibility index (Phi) is 4.00. The summed E-state index contributed by atoms with van der Waals surface area (Å²) < 4.78 is 2.99. The van der Waals surface area contributed by atoms with E-state index >= 15 is 0 Å². The summed E-state index contributed by atoms with van der Waals surface area (Å²) >= 11 is 16.2. The molecule has 0 aliphatic carbocycles. The molecule has 0 N–H and O–H groups in total. The lowest BCUT2D eigenvalue weighted by atomic mass is 10.2. The first-order chi connectivity index (χ1) is 9.97. The second kappa shape index (κ2) is 5.64. The predicted octanol–water partition coefficient (Wildman–Crippen LogP) is 6.05. The van der Waals surface area contributed by atoms with Crippen molar-refractivity contribution < 1.29 is 0 Å². The number of hydrogen-bond acceptors (Lipinski definition) is 1. The molecule has 2 nitrogen and oxygen atoms in total. The number of rotatable bonds is 2. The van der Waals surface area contributed by atoms with Gasteiger partial charge < -0.3 is 0 Å². The third kappa shape index (κ3) is 2.70. The molecule has 0 fully saturated rings. The molecule has 1 heterocycles. The van der Waals surface area contributed by atoms with Gasteiger partial charge in [0.2, 0.25) is 0 Å². The summed E-state index contributed by atoms with van der Waals surface area (Å²) in [5.74, 6) is 0.789. The number of fused-ring (bicyclic) bond motifs is 1. The number of imidazole rings is 1. The quantitative estimate of drug-likeness (QED) is 0.492. The Hall–Kier alpha value is -1.03. The summed E-state index contributed by atoms with van der Waals surface area (Å²) in [5, 5.41) is 0.449. The molecule has 0 saturated heterocycles. The van der Waals surface area contributed by atoms with E-state index in [-0.39, 0.29) is 5.38 Å². The van der Waals surface area contributed by atoms with Gasteiger partial charge in [-0.2, -0.15) is 0 Å². The Morgan fingerprint density at radius 2 is 1.95 bits per heavy atom. The number of benzene rings is 2. The van der Waals surface area contributed by atoms with E-state index < -0.39 is 0 Å². The molecule has 5 heteroatoms. The van der Waals surface area contributed by atoms with Crippen LogP contribution in [0.3, 0.4) is 0 Å². The minimum Gasteiger partial charge on any atom is -0.294 e. The minimum atomic E-state index is -0.215. The van der Waals surface area contributed by atoms with Crippen LogP contribution < -0.4 is 0 Å². The van der Waals surface area contributed by atoms with Crippen molar-refractivity contribution in [2.75, 3.05) is 0 Å². The molecule has 2 aromatic carbocycles. The maximum atomic E-state index is 6.38. The highest BCUT2D eigenvalue weighted by molar-refractivity contribution is 9.10. The summed E-state index contributed by atoms with van der Waals surface area (Å²) in [6.45, 7) is 3.96. The molecule has 0 aliphatic heterocycles. The maximum absolute atomic E-state index is 6.38. The fourth-order valence-electron chi connectivity index (χ4n) is 2.39. The fraction of sp³-hybridized carbons (Fsp3) is 0.188. The molecule has 3 aromatic rings. The largest absolute Gasteiger partial charge is 0.294 e. The summed E-state index contributed by atoms with van der Waals surface area (Å²) in [6.07, 6.45) is 0. The first kappa shape index (κ1) is 14.9. The Bertz CT molecular complexity index is 825. The number of aromatic nitrogens is 2. The van der Waals surface area contributed by atoms with Gasteiger partial charge in [-0.05, 0) is 49.7 Å². The lowest BCUT2D eigenvalue weighted by Crippen LogP contribution is -2.02. The average Bonchev–Trinajstić information content (AvgIpc) is 2.80. The van der Waals surface area contributed by atoms with Crippen LogP contribution in [0.25, 0.3) is 16.7 Å². The van der Waals surface area contributed by atoms with Crippen LogP contribution in [0, 0.1) is 6.92 Å². The Morgan fingerprint density at radius 1 is 1.19 bits per heavy atom. The van der Waals surface area contributed by atoms with Crippen LogP contribution in [0.2, 0.25) is 5.02 Å². The van der Waals surface area contributed by atoms with Crippen LogP contribution in [0.4, 0.5) is 0 Å². The van der Waals surface area contributed by atoms with Gasteiger partial charge in [0.05, 0.1) is 27.1 Å². The van der Waals surface area contributed by atoms with Crippen molar-refractivity contribution in [3.8, 4) is 5.69 Å². The molecule has 3 rings (SSSR count). The summed E-state index contributed by atoms with van der Waals surface area (Å²) in [5.41, 5.74) is 3.97. The van der Waals surface area contributed by atoms with Gasteiger partial charge in [-0.3, -0.25) is 4.57 Å². The van der Waals surface area contributed by atoms with Crippen molar-refractivity contribution in [2.45, 2.75) is 19.2 Å². The SMILES string of the molecule is Cc1ccc2c(c1)nc(C(C)Cl)n2-c1cc(Br)ccc1Cl. The Balaban J connectivity index is 2.39. The van der Waals surface area contributed by atoms with Crippen LogP contribution in [-0.4, -0.2) is 9.55 Å². The van der Waals surface area contributed by atoms with Gasteiger partial charge in [0.25, 0.3) is 0 Å². The summed E-state index contributed by atoms with van der Waals surface area (Å²) in [4.78, 5) is 4.68. The van der Waals surface area contributed by atoms with Gasteiger partial charge in [0, 0.05) is 4.47 Å². The number of alkyl halides is 1. The molecular weight excluding hydrogens is 371 g/mol. The van der Waals surface area contributed by atoms with E-state index in [0.717, 1.165) is 27.0 Å². The van der Waals surface area contributed by atoms with Crippen LogP contribution in [0.5, 0.6) is 0 Å². The number of nitrogens with zero attached hydrogens (tertiary/aromatic N) is 2. The highest BCUT2D eigenvalue weighted by Gasteiger charge is 2.18. The Labute approximate surface area is 141 Å². The fourth-order valence-corrected chi connectivity index (χ4v) is 3.08. The number of hydrogen-bond donors (Lipinski definition) is 0. The van der Waals surface area contributed by atoms with E-state index in [0.29, 0.717) is 5.02 Å². The third-order valence-electron chi connectivity index (χ3n) is 3.34. The molecule has 21 heavy (non-hydrogen) atoms. The molecule has 0 saturated carbocycles. The van der Waals surface area contributed by atoms with E-state index in [9.17, 15) is 0 Å². The Morgan fingerprint density at radius 3 is 2.67 bits per heavy atom. The van der Waals surface area contributed by atoms with Gasteiger partial charge in [-0.1, -0.05) is 33.6 Å². The topological polar surface area (TPSA) is 17.8 Å². The van der Waals surface area contributed by atoms with Gasteiger partial charge in [-0.15, -0.1) is 11.6 Å². The molecule has 0 radical (unpaired) electrons. The normalized spacial score (nSPS) is 12.8. The molecule has 0 spiro atoms. The highest BCUT2D eigenvalue weighted by atomic mass is 79.9. The zero-order chi connectivity index (χ0) is 15.1. The first-order valence-corrected chi connectivity index (χ1v) is 8.16. The molecule has 1 unspecified atom stereocenters. The first-order valence-electron chi connectivity index (χ1n) is 6.56. The lowest BCUT2D eigenvalue weighted by molar-refractivity contribution is 0.882. The molecule has 0 aliphatic rings. The van der Waals surface area contributed by atoms with Gasteiger partial charge >= 0.3 is 0 Å². The molecular formula is C16H13BrCl2N2. The van der Waals surface area contributed by atoms with E-state index in [2.05, 4.69) is 39.1 Å². The zero-order valence-corrected chi connectivity index (χ0v) is 14.7. The third-order valence-corrected chi connectivity index (χ3v) is 4.35. The smallest absolute Gasteiger partial charge is 0.132 e. The van der Waals surface area contributed by atoms with Crippen LogP contribution in [0.1, 0.15) is 23.7 Å². The monoisotopic (exact) mass is 382 g/mol. The van der Waals surface area contributed by atoms with Crippen LogP contribution in [0.15, 0.2) is 40.9 Å². The van der Waals surface area contributed by atoms with Crippen molar-refractivity contribution >= 4 is 50.2 Å². The van der Waals surface area contributed by atoms with Gasteiger partial charge in [0.1, 0.15) is 5.82 Å². The van der Waals surface area contributed by atoms with E-state index in [1.165, 1.54) is 5.56 Å². The van der Waals surface area contributed by atoms with Crippen molar-refractivity contribution in [1.82, 2.24) is 9.55 Å².